The Hall–Kier alpha value is -1.73. The van der Waals surface area contributed by atoms with E-state index in [9.17, 15) is 9.90 Å². The van der Waals surface area contributed by atoms with Crippen LogP contribution in [0.25, 0.3) is 0 Å². The molecule has 0 atom stereocenters. The van der Waals surface area contributed by atoms with Gasteiger partial charge in [0.1, 0.15) is 5.69 Å². The quantitative estimate of drug-likeness (QED) is 0.504. The average Bonchev–Trinajstić information content (AvgIpc) is 2.34. The number of nitrogens with zero attached hydrogens (tertiary/aromatic N) is 3. The van der Waals surface area contributed by atoms with E-state index in [4.69, 9.17) is 5.84 Å². The summed E-state index contributed by atoms with van der Waals surface area (Å²) >= 11 is 0. The number of hydrogen-bond acceptors (Lipinski definition) is 6. The lowest BCUT2D eigenvalue weighted by Crippen LogP contribution is -2.42. The zero-order valence-corrected chi connectivity index (χ0v) is 10.8. The molecule has 18 heavy (non-hydrogen) atoms. The second kappa shape index (κ2) is 5.74. The van der Waals surface area contributed by atoms with Crippen LogP contribution in [0.1, 0.15) is 31.3 Å². The molecule has 0 spiro atoms. The van der Waals surface area contributed by atoms with Gasteiger partial charge < -0.3 is 15.4 Å². The van der Waals surface area contributed by atoms with Crippen molar-refractivity contribution in [2.24, 2.45) is 5.84 Å². The first-order chi connectivity index (χ1) is 8.37. The lowest BCUT2D eigenvalue weighted by molar-refractivity contribution is 0.0311. The van der Waals surface area contributed by atoms with Crippen LogP contribution in [0.15, 0.2) is 12.4 Å². The third-order valence-electron chi connectivity index (χ3n) is 2.27. The number of likely N-dealkylation sites (N-methyl/N-ethyl adjacent to an activating group) is 1. The van der Waals surface area contributed by atoms with Crippen molar-refractivity contribution in [1.29, 1.82) is 0 Å². The Labute approximate surface area is 106 Å². The summed E-state index contributed by atoms with van der Waals surface area (Å²) in [4.78, 5) is 21.5. The predicted octanol–water partition coefficient (Wildman–Crippen LogP) is -0.00480. The van der Waals surface area contributed by atoms with E-state index in [1.807, 2.05) is 6.92 Å². The van der Waals surface area contributed by atoms with Crippen LogP contribution in [0, 0.1) is 0 Å². The summed E-state index contributed by atoms with van der Waals surface area (Å²) in [5, 5.41) is 9.74. The maximum absolute atomic E-state index is 12.1. The van der Waals surface area contributed by atoms with Crippen LogP contribution < -0.4 is 11.3 Å². The van der Waals surface area contributed by atoms with Crippen LogP contribution in [0.4, 0.5) is 5.82 Å². The zero-order chi connectivity index (χ0) is 13.8. The van der Waals surface area contributed by atoms with E-state index < -0.39 is 5.60 Å². The number of nitrogens with one attached hydrogen (secondary N) is 1. The number of anilines is 1. The van der Waals surface area contributed by atoms with Gasteiger partial charge in [0, 0.05) is 13.1 Å². The second-order valence-corrected chi connectivity index (χ2v) is 4.56. The fourth-order valence-electron chi connectivity index (χ4n) is 1.47. The van der Waals surface area contributed by atoms with Gasteiger partial charge >= 0.3 is 0 Å². The van der Waals surface area contributed by atoms with Crippen molar-refractivity contribution in [1.82, 2.24) is 14.9 Å². The molecule has 1 rings (SSSR count). The Morgan fingerprint density at radius 3 is 2.56 bits per heavy atom. The second-order valence-electron chi connectivity index (χ2n) is 4.56. The molecule has 1 aromatic heterocycles. The molecule has 7 heteroatoms. The Morgan fingerprint density at radius 1 is 1.50 bits per heavy atom. The number of aromatic nitrogens is 2. The highest BCUT2D eigenvalue weighted by Gasteiger charge is 2.23. The van der Waals surface area contributed by atoms with Gasteiger partial charge in [-0.2, -0.15) is 0 Å². The van der Waals surface area contributed by atoms with Crippen molar-refractivity contribution in [3.8, 4) is 0 Å². The molecular formula is C11H19N5O2. The molecule has 0 unspecified atom stereocenters. The molecule has 0 radical (unpaired) electrons. The largest absolute Gasteiger partial charge is 0.389 e. The van der Waals surface area contributed by atoms with Gasteiger partial charge in [-0.1, -0.05) is 0 Å². The third kappa shape index (κ3) is 3.94. The fraction of sp³-hybridized carbons (Fsp3) is 0.545. The van der Waals surface area contributed by atoms with Gasteiger partial charge in [0.2, 0.25) is 0 Å². The van der Waals surface area contributed by atoms with Crippen molar-refractivity contribution < 1.29 is 9.90 Å². The maximum atomic E-state index is 12.1. The van der Waals surface area contributed by atoms with Crippen molar-refractivity contribution in [2.75, 3.05) is 18.5 Å². The van der Waals surface area contributed by atoms with Crippen molar-refractivity contribution in [3.63, 3.8) is 0 Å². The SMILES string of the molecule is CCN(CC(C)(C)O)C(=O)c1cnc(NN)cn1. The first kappa shape index (κ1) is 14.3. The molecule has 0 aliphatic carbocycles. The van der Waals surface area contributed by atoms with Crippen LogP contribution in [-0.4, -0.2) is 44.6 Å². The van der Waals surface area contributed by atoms with Crippen molar-refractivity contribution in [3.05, 3.63) is 18.1 Å². The minimum atomic E-state index is -0.947. The summed E-state index contributed by atoms with van der Waals surface area (Å²) in [6.45, 7) is 5.86. The third-order valence-corrected chi connectivity index (χ3v) is 2.27. The van der Waals surface area contributed by atoms with Gasteiger partial charge in [-0.25, -0.2) is 15.8 Å². The summed E-state index contributed by atoms with van der Waals surface area (Å²) in [7, 11) is 0. The molecule has 0 aliphatic heterocycles. The van der Waals surface area contributed by atoms with Crippen molar-refractivity contribution in [2.45, 2.75) is 26.4 Å². The number of hydrogen-bond donors (Lipinski definition) is 3. The lowest BCUT2D eigenvalue weighted by Gasteiger charge is -2.27. The minimum Gasteiger partial charge on any atom is -0.389 e. The van der Waals surface area contributed by atoms with Crippen LogP contribution in [0.2, 0.25) is 0 Å². The molecule has 1 amide bonds. The highest BCUT2D eigenvalue weighted by molar-refractivity contribution is 5.92. The number of nitrogens with two attached hydrogens (primary N) is 1. The molecule has 0 bridgehead atoms. The van der Waals surface area contributed by atoms with Crippen LogP contribution in [0.5, 0.6) is 0 Å². The lowest BCUT2D eigenvalue weighted by atomic mass is 10.1. The molecule has 1 heterocycles. The van der Waals surface area contributed by atoms with E-state index in [-0.39, 0.29) is 18.1 Å². The maximum Gasteiger partial charge on any atom is 0.274 e. The monoisotopic (exact) mass is 253 g/mol. The van der Waals surface area contributed by atoms with E-state index in [1.54, 1.807) is 13.8 Å². The van der Waals surface area contributed by atoms with Gasteiger partial charge in [0.15, 0.2) is 5.82 Å². The Balaban J connectivity index is 2.82. The first-order valence-electron chi connectivity index (χ1n) is 5.67. The molecule has 4 N–H and O–H groups in total. The molecule has 7 nitrogen and oxygen atoms in total. The number of carbonyl (C=O) groups excluding carboxylic acids is 1. The topological polar surface area (TPSA) is 104 Å². The van der Waals surface area contributed by atoms with E-state index in [1.165, 1.54) is 17.3 Å². The van der Waals surface area contributed by atoms with E-state index in [0.717, 1.165) is 0 Å². The van der Waals surface area contributed by atoms with Crippen molar-refractivity contribution >= 4 is 11.7 Å². The highest BCUT2D eigenvalue weighted by atomic mass is 16.3. The fourth-order valence-corrected chi connectivity index (χ4v) is 1.47. The summed E-state index contributed by atoms with van der Waals surface area (Å²) in [5.74, 6) is 5.28. The smallest absolute Gasteiger partial charge is 0.274 e. The van der Waals surface area contributed by atoms with E-state index in [0.29, 0.717) is 12.4 Å². The van der Waals surface area contributed by atoms with E-state index in [2.05, 4.69) is 15.4 Å². The standard InChI is InChI=1S/C11H19N5O2/c1-4-16(7-11(2,3)18)10(17)8-5-14-9(15-12)6-13-8/h5-6,18H,4,7,12H2,1-3H3,(H,14,15). The summed E-state index contributed by atoms with van der Waals surface area (Å²) in [5.41, 5.74) is 1.61. The molecule has 0 aromatic carbocycles. The molecular weight excluding hydrogens is 234 g/mol. The first-order valence-corrected chi connectivity index (χ1v) is 5.67. The summed E-state index contributed by atoms with van der Waals surface area (Å²) in [6.07, 6.45) is 2.73. The molecule has 0 aliphatic rings. The average molecular weight is 253 g/mol. The van der Waals surface area contributed by atoms with Crippen LogP contribution in [0.3, 0.4) is 0 Å². The number of carbonyl (C=O) groups is 1. The molecule has 0 saturated heterocycles. The molecule has 0 fully saturated rings. The van der Waals surface area contributed by atoms with Gasteiger partial charge in [0.25, 0.3) is 5.91 Å². The Morgan fingerprint density at radius 2 is 2.17 bits per heavy atom. The zero-order valence-electron chi connectivity index (χ0n) is 10.8. The van der Waals surface area contributed by atoms with Gasteiger partial charge in [-0.15, -0.1) is 0 Å². The minimum absolute atomic E-state index is 0.222. The normalized spacial score (nSPS) is 11.2. The van der Waals surface area contributed by atoms with Gasteiger partial charge in [-0.05, 0) is 20.8 Å². The number of nitrogen functional groups attached to an aromatic ring is 1. The molecule has 100 valence electrons. The van der Waals surface area contributed by atoms with Crippen LogP contribution in [-0.2, 0) is 0 Å². The summed E-state index contributed by atoms with van der Waals surface area (Å²) in [6, 6.07) is 0. The summed E-state index contributed by atoms with van der Waals surface area (Å²) < 4.78 is 0. The van der Waals surface area contributed by atoms with Gasteiger partial charge in [-0.3, -0.25) is 4.79 Å². The molecule has 1 aromatic rings. The number of rotatable bonds is 5. The van der Waals surface area contributed by atoms with E-state index >= 15 is 0 Å². The Bertz CT molecular complexity index is 399. The number of hydrazine groups is 1. The Kier molecular flexibility index (Phi) is 4.57. The highest BCUT2D eigenvalue weighted by Crippen LogP contribution is 2.09. The number of aliphatic hydroxyl groups is 1. The van der Waals surface area contributed by atoms with Gasteiger partial charge in [0.05, 0.1) is 18.0 Å². The molecule has 0 saturated carbocycles. The predicted molar refractivity (Wildman–Crippen MR) is 67.7 cm³/mol. The van der Waals surface area contributed by atoms with Crippen LogP contribution >= 0.6 is 0 Å². The number of amides is 1.